The fourth-order valence-corrected chi connectivity index (χ4v) is 1.42. The summed E-state index contributed by atoms with van der Waals surface area (Å²) < 4.78 is 13.2. The van der Waals surface area contributed by atoms with Crippen LogP contribution in [0.15, 0.2) is 18.2 Å². The van der Waals surface area contributed by atoms with Crippen molar-refractivity contribution in [3.63, 3.8) is 0 Å². The first kappa shape index (κ1) is 21.3. The number of carbonyl (C=O) groups excluding carboxylic acids is 1. The van der Waals surface area contributed by atoms with Crippen LogP contribution in [0.1, 0.15) is 20.8 Å². The van der Waals surface area contributed by atoms with Gasteiger partial charge in [-0.2, -0.15) is 0 Å². The fourth-order valence-electron chi connectivity index (χ4n) is 1.42. The Morgan fingerprint density at radius 1 is 1.25 bits per heavy atom. The predicted molar refractivity (Wildman–Crippen MR) is 86.5 cm³/mol. The number of nitrogens with two attached hydrogens (primary N) is 1. The highest BCUT2D eigenvalue weighted by Crippen LogP contribution is 2.24. The summed E-state index contributed by atoms with van der Waals surface area (Å²) in [6, 6.07) is 4.37. The highest BCUT2D eigenvalue weighted by molar-refractivity contribution is 5.95. The SMILES string of the molecule is CC(C)Nc1cc(F)ccc1NC(=O)C(C)CN.Cl.Cl. The van der Waals surface area contributed by atoms with Crippen molar-refractivity contribution in [3.8, 4) is 0 Å². The third-order valence-corrected chi connectivity index (χ3v) is 2.48. The van der Waals surface area contributed by atoms with Crippen molar-refractivity contribution in [3.05, 3.63) is 24.0 Å². The smallest absolute Gasteiger partial charge is 0.228 e. The number of anilines is 2. The van der Waals surface area contributed by atoms with E-state index in [1.165, 1.54) is 12.1 Å². The van der Waals surface area contributed by atoms with E-state index in [2.05, 4.69) is 10.6 Å². The van der Waals surface area contributed by atoms with Crippen LogP contribution in [-0.2, 0) is 4.79 Å². The van der Waals surface area contributed by atoms with Crippen molar-refractivity contribution < 1.29 is 9.18 Å². The lowest BCUT2D eigenvalue weighted by molar-refractivity contribution is -0.119. The van der Waals surface area contributed by atoms with Crippen LogP contribution in [0.25, 0.3) is 0 Å². The normalized spacial score (nSPS) is 11.1. The molecule has 7 heteroatoms. The Labute approximate surface area is 131 Å². The van der Waals surface area contributed by atoms with Crippen LogP contribution in [0.2, 0.25) is 0 Å². The van der Waals surface area contributed by atoms with Gasteiger partial charge in [0, 0.05) is 18.5 Å². The number of nitrogens with one attached hydrogen (secondary N) is 2. The first-order valence-electron chi connectivity index (χ1n) is 6.01. The van der Waals surface area contributed by atoms with Crippen LogP contribution in [0.5, 0.6) is 0 Å². The number of hydrogen-bond donors (Lipinski definition) is 3. The molecule has 0 radical (unpaired) electrons. The molecule has 0 spiro atoms. The molecule has 0 fully saturated rings. The molecule has 0 heterocycles. The molecule has 0 saturated carbocycles. The maximum absolute atomic E-state index is 13.2. The molecule has 0 aliphatic rings. The first-order chi connectivity index (χ1) is 8.43. The molecule has 0 bridgehead atoms. The monoisotopic (exact) mass is 325 g/mol. The molecule has 4 N–H and O–H groups in total. The number of halogens is 3. The van der Waals surface area contributed by atoms with Crippen LogP contribution in [-0.4, -0.2) is 18.5 Å². The zero-order valence-corrected chi connectivity index (χ0v) is 13.4. The second-order valence-corrected chi connectivity index (χ2v) is 4.61. The van der Waals surface area contributed by atoms with E-state index in [4.69, 9.17) is 5.73 Å². The van der Waals surface area contributed by atoms with Gasteiger partial charge in [-0.1, -0.05) is 6.92 Å². The average molecular weight is 326 g/mol. The van der Waals surface area contributed by atoms with Crippen LogP contribution in [0, 0.1) is 11.7 Å². The summed E-state index contributed by atoms with van der Waals surface area (Å²) in [7, 11) is 0. The lowest BCUT2D eigenvalue weighted by Crippen LogP contribution is -2.27. The molecule has 1 aromatic carbocycles. The van der Waals surface area contributed by atoms with Crippen LogP contribution in [0.3, 0.4) is 0 Å². The van der Waals surface area contributed by atoms with Gasteiger partial charge in [0.15, 0.2) is 0 Å². The molecule has 1 rings (SSSR count). The quantitative estimate of drug-likeness (QED) is 0.779. The average Bonchev–Trinajstić information content (AvgIpc) is 2.30. The Hall–Kier alpha value is -1.04. The first-order valence-corrected chi connectivity index (χ1v) is 6.01. The van der Waals surface area contributed by atoms with E-state index < -0.39 is 0 Å². The van der Waals surface area contributed by atoms with Gasteiger partial charge in [0.25, 0.3) is 0 Å². The van der Waals surface area contributed by atoms with E-state index in [1.54, 1.807) is 13.0 Å². The van der Waals surface area contributed by atoms with Gasteiger partial charge < -0.3 is 16.4 Å². The molecule has 1 atom stereocenters. The highest BCUT2D eigenvalue weighted by Gasteiger charge is 2.13. The second-order valence-electron chi connectivity index (χ2n) is 4.61. The third-order valence-electron chi connectivity index (χ3n) is 2.48. The third kappa shape index (κ3) is 6.41. The van der Waals surface area contributed by atoms with E-state index in [-0.39, 0.29) is 55.0 Å². The minimum absolute atomic E-state index is 0. The molecule has 1 unspecified atom stereocenters. The van der Waals surface area contributed by atoms with E-state index in [1.807, 2.05) is 13.8 Å². The molecular weight excluding hydrogens is 304 g/mol. The van der Waals surface area contributed by atoms with Gasteiger partial charge in [0.2, 0.25) is 5.91 Å². The molecule has 0 saturated heterocycles. The highest BCUT2D eigenvalue weighted by atomic mass is 35.5. The summed E-state index contributed by atoms with van der Waals surface area (Å²) in [4.78, 5) is 11.8. The Balaban J connectivity index is 0. The maximum Gasteiger partial charge on any atom is 0.228 e. The van der Waals surface area contributed by atoms with Crippen LogP contribution < -0.4 is 16.4 Å². The number of hydrogen-bond acceptors (Lipinski definition) is 3. The Bertz CT molecular complexity index is 430. The molecule has 1 amide bonds. The van der Waals surface area contributed by atoms with Crippen molar-refractivity contribution in [1.29, 1.82) is 0 Å². The summed E-state index contributed by atoms with van der Waals surface area (Å²) in [5, 5.41) is 5.84. The van der Waals surface area contributed by atoms with Gasteiger partial charge in [-0.15, -0.1) is 24.8 Å². The van der Waals surface area contributed by atoms with Crippen LogP contribution in [0.4, 0.5) is 15.8 Å². The van der Waals surface area contributed by atoms with Crippen molar-refractivity contribution in [1.82, 2.24) is 0 Å². The lowest BCUT2D eigenvalue weighted by atomic mass is 10.1. The predicted octanol–water partition coefficient (Wildman–Crippen LogP) is 3.02. The van der Waals surface area contributed by atoms with Crippen molar-refractivity contribution in [2.24, 2.45) is 11.7 Å². The minimum atomic E-state index is -0.344. The zero-order valence-electron chi connectivity index (χ0n) is 11.8. The van der Waals surface area contributed by atoms with Crippen molar-refractivity contribution in [2.75, 3.05) is 17.2 Å². The van der Waals surface area contributed by atoms with Gasteiger partial charge in [0.1, 0.15) is 5.82 Å². The molecule has 0 aromatic heterocycles. The molecule has 0 aliphatic carbocycles. The summed E-state index contributed by atoms with van der Waals surface area (Å²) in [6.07, 6.45) is 0. The van der Waals surface area contributed by atoms with E-state index in [0.29, 0.717) is 11.4 Å². The van der Waals surface area contributed by atoms with E-state index in [9.17, 15) is 9.18 Å². The standard InChI is InChI=1S/C13H20FN3O.2ClH/c1-8(2)16-12-6-10(14)4-5-11(12)17-13(18)9(3)7-15;;/h4-6,8-9,16H,7,15H2,1-3H3,(H,17,18);2*1H. The topological polar surface area (TPSA) is 67.1 Å². The van der Waals surface area contributed by atoms with Crippen molar-refractivity contribution in [2.45, 2.75) is 26.8 Å². The molecule has 4 nitrogen and oxygen atoms in total. The van der Waals surface area contributed by atoms with Gasteiger partial charge in [0.05, 0.1) is 11.4 Å². The number of benzene rings is 1. The summed E-state index contributed by atoms with van der Waals surface area (Å²) in [5.74, 6) is -0.791. The Kier molecular flexibility index (Phi) is 10.4. The number of carbonyl (C=O) groups is 1. The molecule has 116 valence electrons. The van der Waals surface area contributed by atoms with Crippen molar-refractivity contribution >= 4 is 42.1 Å². The number of amides is 1. The van der Waals surface area contributed by atoms with Crippen LogP contribution >= 0.6 is 24.8 Å². The summed E-state index contributed by atoms with van der Waals surface area (Å²) >= 11 is 0. The molecule has 20 heavy (non-hydrogen) atoms. The zero-order chi connectivity index (χ0) is 13.7. The van der Waals surface area contributed by atoms with E-state index >= 15 is 0 Å². The van der Waals surface area contributed by atoms with E-state index in [0.717, 1.165) is 0 Å². The molecule has 0 aliphatic heterocycles. The Morgan fingerprint density at radius 3 is 2.35 bits per heavy atom. The largest absolute Gasteiger partial charge is 0.381 e. The summed E-state index contributed by atoms with van der Waals surface area (Å²) in [5.41, 5.74) is 6.57. The molecule has 1 aromatic rings. The maximum atomic E-state index is 13.2. The minimum Gasteiger partial charge on any atom is -0.381 e. The molecular formula is C13H22Cl2FN3O. The van der Waals surface area contributed by atoms with Gasteiger partial charge in [-0.3, -0.25) is 4.79 Å². The summed E-state index contributed by atoms with van der Waals surface area (Å²) in [6.45, 7) is 5.91. The van der Waals surface area contributed by atoms with Gasteiger partial charge >= 0.3 is 0 Å². The lowest BCUT2D eigenvalue weighted by Gasteiger charge is -2.17. The second kappa shape index (κ2) is 9.80. The van der Waals surface area contributed by atoms with Gasteiger partial charge in [-0.25, -0.2) is 4.39 Å². The van der Waals surface area contributed by atoms with Gasteiger partial charge in [-0.05, 0) is 32.0 Å². The number of rotatable bonds is 5. The Morgan fingerprint density at radius 2 is 1.85 bits per heavy atom. The fraction of sp³-hybridized carbons (Fsp3) is 0.462.